The molecule has 3 N–H and O–H groups in total. The monoisotopic (exact) mass is 562 g/mol. The van der Waals surface area contributed by atoms with E-state index in [0.717, 1.165) is 70.3 Å². The highest BCUT2D eigenvalue weighted by Crippen LogP contribution is 2.35. The number of nitrogen functional groups attached to an aromatic ring is 1. The molecule has 0 saturated heterocycles. The van der Waals surface area contributed by atoms with E-state index in [-0.39, 0.29) is 24.1 Å². The fourth-order valence-electron chi connectivity index (χ4n) is 5.32. The largest absolute Gasteiger partial charge is 0.496 e. The van der Waals surface area contributed by atoms with E-state index in [9.17, 15) is 4.79 Å². The zero-order chi connectivity index (χ0) is 28.4. The number of esters is 1. The van der Waals surface area contributed by atoms with Crippen molar-refractivity contribution in [2.45, 2.75) is 71.7 Å². The average molecular weight is 563 g/mol. The molecule has 1 aliphatic carbocycles. The van der Waals surface area contributed by atoms with E-state index in [2.05, 4.69) is 20.3 Å². The Morgan fingerprint density at radius 1 is 1.20 bits per heavy atom. The summed E-state index contributed by atoms with van der Waals surface area (Å²) in [6.07, 6.45) is 8.08. The van der Waals surface area contributed by atoms with Gasteiger partial charge >= 0.3 is 5.97 Å². The number of nitrogens with one attached hydrogen (secondary N) is 1. The summed E-state index contributed by atoms with van der Waals surface area (Å²) in [5, 5.41) is 4.29. The fraction of sp³-hybridized carbons (Fsp3) is 0.400. The number of hydrogen-bond acceptors (Lipinski definition) is 8. The maximum atomic E-state index is 12.4. The molecule has 1 aromatic carbocycles. The van der Waals surface area contributed by atoms with Gasteiger partial charge in [0.2, 0.25) is 5.95 Å². The minimum Gasteiger partial charge on any atom is -0.496 e. The van der Waals surface area contributed by atoms with Crippen molar-refractivity contribution in [1.29, 1.82) is 0 Å². The lowest BCUT2D eigenvalue weighted by Crippen LogP contribution is -2.36. The van der Waals surface area contributed by atoms with Gasteiger partial charge in [-0.25, -0.2) is 4.98 Å². The number of carbonyl (C=O) groups is 1. The van der Waals surface area contributed by atoms with Gasteiger partial charge in [-0.1, -0.05) is 35.9 Å². The molecule has 0 spiro atoms. The Morgan fingerprint density at radius 2 is 1.93 bits per heavy atom. The van der Waals surface area contributed by atoms with E-state index in [1.807, 2.05) is 62.0 Å². The molecule has 9 nitrogen and oxygen atoms in total. The highest BCUT2D eigenvalue weighted by atomic mass is 35.5. The van der Waals surface area contributed by atoms with Crippen molar-refractivity contribution in [3.8, 4) is 16.9 Å². The average Bonchev–Trinajstić information content (AvgIpc) is 3.57. The van der Waals surface area contributed by atoms with Gasteiger partial charge < -0.3 is 25.1 Å². The summed E-state index contributed by atoms with van der Waals surface area (Å²) in [5.41, 5.74) is 12.3. The predicted molar refractivity (Wildman–Crippen MR) is 156 cm³/mol. The molecule has 0 radical (unpaired) electrons. The van der Waals surface area contributed by atoms with Gasteiger partial charge in [0.15, 0.2) is 0 Å². The summed E-state index contributed by atoms with van der Waals surface area (Å²) in [7, 11) is 1.66. The summed E-state index contributed by atoms with van der Waals surface area (Å²) in [5.74, 6) is 0.733. The molecule has 0 amide bonds. The van der Waals surface area contributed by atoms with Crippen LogP contribution in [0, 0.1) is 13.8 Å². The molecule has 3 heterocycles. The topological polar surface area (TPSA) is 117 Å². The number of nitrogens with zero attached hydrogens (tertiary/aromatic N) is 4. The molecule has 210 valence electrons. The minimum absolute atomic E-state index is 0.0667. The molecule has 1 saturated carbocycles. The number of ether oxygens (including phenoxy) is 2. The first kappa shape index (κ1) is 27.9. The van der Waals surface area contributed by atoms with Crippen LogP contribution in [0.25, 0.3) is 22.2 Å². The van der Waals surface area contributed by atoms with Crippen LogP contribution in [-0.2, 0) is 22.6 Å². The zero-order valence-electron chi connectivity index (χ0n) is 23.3. The van der Waals surface area contributed by atoms with E-state index < -0.39 is 0 Å². The number of carbonyl (C=O) groups excluding carboxylic acids is 1. The van der Waals surface area contributed by atoms with Crippen molar-refractivity contribution in [2.24, 2.45) is 0 Å². The molecular weight excluding hydrogens is 528 g/mol. The van der Waals surface area contributed by atoms with Gasteiger partial charge in [-0.05, 0) is 57.6 Å². The number of methoxy groups -OCH3 is 1. The van der Waals surface area contributed by atoms with Crippen LogP contribution in [0.5, 0.6) is 5.75 Å². The van der Waals surface area contributed by atoms with Crippen molar-refractivity contribution in [2.75, 3.05) is 12.8 Å². The molecule has 40 heavy (non-hydrogen) atoms. The second-order valence-electron chi connectivity index (χ2n) is 10.4. The van der Waals surface area contributed by atoms with Gasteiger partial charge in [0.1, 0.15) is 28.7 Å². The first-order chi connectivity index (χ1) is 19.2. The summed E-state index contributed by atoms with van der Waals surface area (Å²) in [6, 6.07) is 7.75. The maximum absolute atomic E-state index is 12.4. The lowest BCUT2D eigenvalue weighted by atomic mass is 10.0. The van der Waals surface area contributed by atoms with Gasteiger partial charge in [0.05, 0.1) is 24.7 Å². The van der Waals surface area contributed by atoms with E-state index in [4.69, 9.17) is 26.8 Å². The Labute approximate surface area is 239 Å². The molecular formula is C30H35ClN6O3. The third-order valence-corrected chi connectivity index (χ3v) is 7.85. The quantitative estimate of drug-likeness (QED) is 0.207. The van der Waals surface area contributed by atoms with Gasteiger partial charge in [-0.15, -0.1) is 0 Å². The Kier molecular flexibility index (Phi) is 8.23. The summed E-state index contributed by atoms with van der Waals surface area (Å²) in [4.78, 5) is 25.8. The Balaban J connectivity index is 1.37. The van der Waals surface area contributed by atoms with Crippen molar-refractivity contribution in [1.82, 2.24) is 24.8 Å². The molecule has 1 aliphatic rings. The van der Waals surface area contributed by atoms with Crippen LogP contribution in [0.15, 0.2) is 36.7 Å². The summed E-state index contributed by atoms with van der Waals surface area (Å²) in [6.45, 7) is 6.82. The lowest BCUT2D eigenvalue weighted by molar-refractivity contribution is -0.150. The number of pyridine rings is 1. The van der Waals surface area contributed by atoms with Crippen molar-refractivity contribution >= 4 is 34.6 Å². The zero-order valence-corrected chi connectivity index (χ0v) is 24.1. The van der Waals surface area contributed by atoms with Crippen molar-refractivity contribution < 1.29 is 14.3 Å². The normalized spacial score (nSPS) is 14.5. The third kappa shape index (κ3) is 5.76. The van der Waals surface area contributed by atoms with Crippen LogP contribution in [0.2, 0.25) is 5.15 Å². The SMILES string of the molecule is COc1c(C)cnc(Cn2cc(-c3ccc(CN[C@@H](C)C(=O)OC4CCCC4)cc3)c3c(Cl)nc(N)nc32)c1C. The number of nitrogens with two attached hydrogens (primary N) is 1. The second-order valence-corrected chi connectivity index (χ2v) is 10.8. The predicted octanol–water partition coefficient (Wildman–Crippen LogP) is 5.37. The Hall–Kier alpha value is -3.69. The first-order valence-corrected chi connectivity index (χ1v) is 14.0. The highest BCUT2D eigenvalue weighted by Gasteiger charge is 2.23. The summed E-state index contributed by atoms with van der Waals surface area (Å²) < 4.78 is 13.2. The molecule has 0 aliphatic heterocycles. The van der Waals surface area contributed by atoms with Crippen molar-refractivity contribution in [3.63, 3.8) is 0 Å². The Bertz CT molecular complexity index is 1530. The fourth-order valence-corrected chi connectivity index (χ4v) is 5.59. The van der Waals surface area contributed by atoms with Crippen LogP contribution in [0.1, 0.15) is 55.0 Å². The molecule has 1 fully saturated rings. The van der Waals surface area contributed by atoms with E-state index in [1.54, 1.807) is 7.11 Å². The lowest BCUT2D eigenvalue weighted by Gasteiger charge is -2.17. The maximum Gasteiger partial charge on any atom is 0.323 e. The van der Waals surface area contributed by atoms with Crippen LogP contribution in [0.4, 0.5) is 5.95 Å². The number of aryl methyl sites for hydroxylation is 1. The molecule has 0 unspecified atom stereocenters. The standard InChI is InChI=1S/C30H35ClN6O3/c1-17-13-34-24(18(2)26(17)39-4)16-37-15-23(25-27(31)35-30(32)36-28(25)37)21-11-9-20(10-12-21)14-33-19(3)29(38)40-22-7-5-6-8-22/h9-13,15,19,22,33H,5-8,14,16H2,1-4H3,(H2,32,35,36)/t19-/m0/s1. The second kappa shape index (κ2) is 11.8. The molecule has 1 atom stereocenters. The number of benzene rings is 1. The van der Waals surface area contributed by atoms with E-state index in [0.29, 0.717) is 23.9 Å². The van der Waals surface area contributed by atoms with Gasteiger partial charge in [0.25, 0.3) is 0 Å². The number of rotatable bonds is 9. The number of hydrogen-bond donors (Lipinski definition) is 2. The number of aromatic nitrogens is 4. The first-order valence-electron chi connectivity index (χ1n) is 13.6. The summed E-state index contributed by atoms with van der Waals surface area (Å²) >= 11 is 6.61. The molecule has 10 heteroatoms. The molecule has 4 aromatic rings. The smallest absolute Gasteiger partial charge is 0.323 e. The van der Waals surface area contributed by atoms with Crippen molar-refractivity contribution in [3.05, 3.63) is 64.2 Å². The van der Waals surface area contributed by atoms with Gasteiger partial charge in [-0.2, -0.15) is 4.98 Å². The van der Waals surface area contributed by atoms with Gasteiger partial charge in [0, 0.05) is 35.6 Å². The number of fused-ring (bicyclic) bond motifs is 1. The highest BCUT2D eigenvalue weighted by molar-refractivity contribution is 6.35. The molecule has 0 bridgehead atoms. The Morgan fingerprint density at radius 3 is 2.62 bits per heavy atom. The van der Waals surface area contributed by atoms with Gasteiger partial charge in [-0.3, -0.25) is 9.78 Å². The molecule has 5 rings (SSSR count). The van der Waals surface area contributed by atoms with Crippen LogP contribution >= 0.6 is 11.6 Å². The van der Waals surface area contributed by atoms with Crippen LogP contribution < -0.4 is 15.8 Å². The van der Waals surface area contributed by atoms with E-state index in [1.165, 1.54) is 0 Å². The van der Waals surface area contributed by atoms with E-state index >= 15 is 0 Å². The van der Waals surface area contributed by atoms with Crippen LogP contribution in [0.3, 0.4) is 0 Å². The number of anilines is 1. The third-order valence-electron chi connectivity index (χ3n) is 7.58. The van der Waals surface area contributed by atoms with Crippen LogP contribution in [-0.4, -0.2) is 44.7 Å². The minimum atomic E-state index is -0.378. The number of halogens is 1. The molecule has 3 aromatic heterocycles.